The van der Waals surface area contributed by atoms with E-state index in [1.165, 1.54) is 10.6 Å². The number of carbonyl (C=O) groups is 1. The van der Waals surface area contributed by atoms with E-state index in [2.05, 4.69) is 26.3 Å². The quantitative estimate of drug-likeness (QED) is 0.808. The fourth-order valence-corrected chi connectivity index (χ4v) is 3.81. The van der Waals surface area contributed by atoms with Gasteiger partial charge in [0.25, 0.3) is 0 Å². The summed E-state index contributed by atoms with van der Waals surface area (Å²) in [5, 5.41) is 7.25. The molecule has 0 unspecified atom stereocenters. The Morgan fingerprint density at radius 2 is 2.09 bits per heavy atom. The molecule has 1 aromatic rings. The molecule has 22 heavy (non-hydrogen) atoms. The molecule has 0 aromatic carbocycles. The van der Waals surface area contributed by atoms with Gasteiger partial charge in [-0.15, -0.1) is 0 Å². The fraction of sp³-hybridized carbons (Fsp3) is 0.692. The SMILES string of the molecule is CCn1cc(Br)c(CNC(=O)C2CCN(S(C)(=O)=O)CC2)n1. The molecule has 0 radical (unpaired) electrons. The van der Waals surface area contributed by atoms with Crippen LogP contribution in [0.25, 0.3) is 0 Å². The van der Waals surface area contributed by atoms with Crippen LogP contribution in [-0.4, -0.2) is 47.8 Å². The van der Waals surface area contributed by atoms with Gasteiger partial charge in [-0.05, 0) is 35.7 Å². The second-order valence-corrected chi connectivity index (χ2v) is 8.27. The van der Waals surface area contributed by atoms with Crippen LogP contribution in [0, 0.1) is 5.92 Å². The molecule has 7 nitrogen and oxygen atoms in total. The molecule has 0 aliphatic carbocycles. The van der Waals surface area contributed by atoms with Gasteiger partial charge in [0.2, 0.25) is 15.9 Å². The molecular weight excluding hydrogens is 372 g/mol. The van der Waals surface area contributed by atoms with E-state index in [0.29, 0.717) is 32.5 Å². The van der Waals surface area contributed by atoms with Crippen LogP contribution in [0.2, 0.25) is 0 Å². The molecule has 0 bridgehead atoms. The van der Waals surface area contributed by atoms with Crippen LogP contribution in [-0.2, 0) is 27.9 Å². The minimum absolute atomic E-state index is 0.0360. The third-order valence-corrected chi connectivity index (χ3v) is 5.80. The summed E-state index contributed by atoms with van der Waals surface area (Å²) in [6.45, 7) is 3.96. The van der Waals surface area contributed by atoms with E-state index in [9.17, 15) is 13.2 Å². The van der Waals surface area contributed by atoms with Gasteiger partial charge in [0.05, 0.1) is 23.0 Å². The number of carbonyl (C=O) groups excluding carboxylic acids is 1. The number of hydrogen-bond acceptors (Lipinski definition) is 4. The molecule has 2 rings (SSSR count). The first-order valence-electron chi connectivity index (χ1n) is 7.26. The van der Waals surface area contributed by atoms with Gasteiger partial charge in [0.1, 0.15) is 0 Å². The second kappa shape index (κ2) is 7.10. The summed E-state index contributed by atoms with van der Waals surface area (Å²) in [6.07, 6.45) is 4.20. The van der Waals surface area contributed by atoms with Crippen LogP contribution in [0.4, 0.5) is 0 Å². The van der Waals surface area contributed by atoms with E-state index in [1.54, 1.807) is 4.68 Å². The third-order valence-electron chi connectivity index (χ3n) is 3.84. The summed E-state index contributed by atoms with van der Waals surface area (Å²) in [5.74, 6) is -0.170. The maximum absolute atomic E-state index is 12.2. The van der Waals surface area contributed by atoms with E-state index in [4.69, 9.17) is 0 Å². The van der Waals surface area contributed by atoms with Crippen LogP contribution < -0.4 is 5.32 Å². The first-order chi connectivity index (χ1) is 10.3. The summed E-state index contributed by atoms with van der Waals surface area (Å²) < 4.78 is 27.0. The van der Waals surface area contributed by atoms with Crippen molar-refractivity contribution in [3.8, 4) is 0 Å². The maximum atomic E-state index is 12.2. The van der Waals surface area contributed by atoms with Crippen LogP contribution in [0.5, 0.6) is 0 Å². The molecule has 0 atom stereocenters. The van der Waals surface area contributed by atoms with Crippen molar-refractivity contribution in [1.29, 1.82) is 0 Å². The fourth-order valence-electron chi connectivity index (χ4n) is 2.48. The molecule has 0 spiro atoms. The number of nitrogens with one attached hydrogen (secondary N) is 1. The summed E-state index contributed by atoms with van der Waals surface area (Å²) >= 11 is 3.43. The van der Waals surface area contributed by atoms with Crippen molar-refractivity contribution in [2.24, 2.45) is 5.92 Å². The first-order valence-corrected chi connectivity index (χ1v) is 9.90. The molecule has 1 fully saturated rings. The Kier molecular flexibility index (Phi) is 5.62. The molecule has 1 N–H and O–H groups in total. The van der Waals surface area contributed by atoms with Gasteiger partial charge in [0.15, 0.2) is 0 Å². The molecule has 1 amide bonds. The topological polar surface area (TPSA) is 84.3 Å². The number of nitrogens with zero attached hydrogens (tertiary/aromatic N) is 3. The zero-order valence-corrected chi connectivity index (χ0v) is 15.2. The van der Waals surface area contributed by atoms with E-state index in [0.717, 1.165) is 16.7 Å². The van der Waals surface area contributed by atoms with E-state index in [1.807, 2.05) is 13.1 Å². The van der Waals surface area contributed by atoms with Crippen molar-refractivity contribution in [2.45, 2.75) is 32.9 Å². The zero-order valence-electron chi connectivity index (χ0n) is 12.7. The number of hydrogen-bond donors (Lipinski definition) is 1. The zero-order chi connectivity index (χ0) is 16.3. The number of sulfonamides is 1. The number of aromatic nitrogens is 2. The summed E-state index contributed by atoms with van der Waals surface area (Å²) in [4.78, 5) is 12.2. The Labute approximate surface area is 139 Å². The van der Waals surface area contributed by atoms with E-state index < -0.39 is 10.0 Å². The predicted octanol–water partition coefficient (Wildman–Crippen LogP) is 0.953. The van der Waals surface area contributed by atoms with Crippen LogP contribution in [0.15, 0.2) is 10.7 Å². The number of amides is 1. The van der Waals surface area contributed by atoms with E-state index >= 15 is 0 Å². The lowest BCUT2D eigenvalue weighted by molar-refractivity contribution is -0.126. The monoisotopic (exact) mass is 392 g/mol. The highest BCUT2D eigenvalue weighted by molar-refractivity contribution is 9.10. The maximum Gasteiger partial charge on any atom is 0.223 e. The Morgan fingerprint density at radius 1 is 1.45 bits per heavy atom. The second-order valence-electron chi connectivity index (χ2n) is 5.43. The third kappa shape index (κ3) is 4.30. The van der Waals surface area contributed by atoms with Crippen LogP contribution in [0.1, 0.15) is 25.5 Å². The summed E-state index contributed by atoms with van der Waals surface area (Å²) in [7, 11) is -3.15. The minimum atomic E-state index is -3.15. The summed E-state index contributed by atoms with van der Waals surface area (Å²) in [5.41, 5.74) is 0.795. The predicted molar refractivity (Wildman–Crippen MR) is 86.6 cm³/mol. The normalized spacial score (nSPS) is 17.6. The van der Waals surface area contributed by atoms with Gasteiger partial charge in [-0.2, -0.15) is 5.10 Å². The van der Waals surface area contributed by atoms with Crippen LogP contribution >= 0.6 is 15.9 Å². The molecule has 124 valence electrons. The molecule has 1 aliphatic rings. The van der Waals surface area contributed by atoms with Crippen molar-refractivity contribution in [2.75, 3.05) is 19.3 Å². The lowest BCUT2D eigenvalue weighted by Crippen LogP contribution is -2.42. The average Bonchev–Trinajstić information content (AvgIpc) is 2.84. The highest BCUT2D eigenvalue weighted by Gasteiger charge is 2.28. The molecule has 0 saturated carbocycles. The Morgan fingerprint density at radius 3 is 2.59 bits per heavy atom. The molecule has 2 heterocycles. The molecular formula is C13H21BrN4O3S. The average molecular weight is 393 g/mol. The van der Waals surface area contributed by atoms with Crippen molar-refractivity contribution in [3.05, 3.63) is 16.4 Å². The van der Waals surface area contributed by atoms with Gasteiger partial charge < -0.3 is 5.32 Å². The van der Waals surface area contributed by atoms with Crippen molar-refractivity contribution in [3.63, 3.8) is 0 Å². The molecule has 1 aromatic heterocycles. The Balaban J connectivity index is 1.85. The minimum Gasteiger partial charge on any atom is -0.350 e. The number of rotatable bonds is 5. The van der Waals surface area contributed by atoms with Crippen molar-refractivity contribution >= 4 is 31.9 Å². The number of halogens is 1. The van der Waals surface area contributed by atoms with Gasteiger partial charge in [-0.1, -0.05) is 0 Å². The largest absolute Gasteiger partial charge is 0.350 e. The lowest BCUT2D eigenvalue weighted by Gasteiger charge is -2.29. The molecule has 1 saturated heterocycles. The van der Waals surface area contributed by atoms with Crippen molar-refractivity contribution in [1.82, 2.24) is 19.4 Å². The Hall–Kier alpha value is -0.930. The lowest BCUT2D eigenvalue weighted by atomic mass is 9.97. The molecule has 1 aliphatic heterocycles. The van der Waals surface area contributed by atoms with Gasteiger partial charge >= 0.3 is 0 Å². The highest BCUT2D eigenvalue weighted by Crippen LogP contribution is 2.20. The highest BCUT2D eigenvalue weighted by atomic mass is 79.9. The van der Waals surface area contributed by atoms with Gasteiger partial charge in [-0.3, -0.25) is 9.48 Å². The number of aryl methyl sites for hydroxylation is 1. The van der Waals surface area contributed by atoms with Gasteiger partial charge in [-0.25, -0.2) is 12.7 Å². The van der Waals surface area contributed by atoms with E-state index in [-0.39, 0.29) is 11.8 Å². The van der Waals surface area contributed by atoms with Crippen LogP contribution in [0.3, 0.4) is 0 Å². The first kappa shape index (κ1) is 17.4. The summed E-state index contributed by atoms with van der Waals surface area (Å²) in [6, 6.07) is 0. The number of piperidine rings is 1. The standard InChI is InChI=1S/C13H21BrN4O3S/c1-3-17-9-11(14)12(16-17)8-15-13(19)10-4-6-18(7-5-10)22(2,20)21/h9-10H,3-8H2,1-2H3,(H,15,19). The smallest absolute Gasteiger partial charge is 0.223 e. The molecule has 9 heteroatoms. The van der Waals surface area contributed by atoms with Gasteiger partial charge in [0, 0.05) is 31.7 Å². The Bertz CT molecular complexity index is 636. The van der Waals surface area contributed by atoms with Crippen molar-refractivity contribution < 1.29 is 13.2 Å².